The zero-order valence-electron chi connectivity index (χ0n) is 15.9. The van der Waals surface area contributed by atoms with E-state index in [1.807, 2.05) is 12.1 Å². The molecule has 0 saturated heterocycles. The molecule has 2 aromatic carbocycles. The van der Waals surface area contributed by atoms with Crippen LogP contribution in [0.1, 0.15) is 29.2 Å². The summed E-state index contributed by atoms with van der Waals surface area (Å²) < 4.78 is 49.2. The highest BCUT2D eigenvalue weighted by molar-refractivity contribution is 14.1. The van der Waals surface area contributed by atoms with Crippen molar-refractivity contribution in [3.63, 3.8) is 0 Å². The number of hydrogen-bond donors (Lipinski definition) is 0. The Balaban J connectivity index is 1.51. The molecule has 3 aromatic rings. The van der Waals surface area contributed by atoms with Crippen molar-refractivity contribution in [3.8, 4) is 17.0 Å². The summed E-state index contributed by atoms with van der Waals surface area (Å²) in [6, 6.07) is 14.0. The number of fused-ring (bicyclic) bond motifs is 1. The molecule has 1 aliphatic rings. The van der Waals surface area contributed by atoms with Crippen molar-refractivity contribution in [1.82, 2.24) is 9.78 Å². The second-order valence-corrected chi connectivity index (χ2v) is 8.96. The van der Waals surface area contributed by atoms with Crippen molar-refractivity contribution >= 4 is 38.5 Å². The monoisotopic (exact) mass is 590 g/mol. The Bertz CT molecular complexity index is 1040. The number of aryl methyl sites for hydroxylation is 1. The SMILES string of the molecule is FC(F)(F)c1cc(-c2ccccc2)nn1CCOc1cc2c(cc1Br)[C@H](CI)CC2. The standard InChI is InChI=1S/C22H19BrF3IN2O/c23-18-11-17-15(6-7-16(17)13-27)10-20(18)30-9-8-29-21(22(24,25)26)12-19(28-29)14-4-2-1-3-5-14/h1-5,10-12,16H,6-9,13H2/t16-/m0/s1. The summed E-state index contributed by atoms with van der Waals surface area (Å²) in [6.45, 7) is 0.0909. The number of alkyl halides is 4. The third-order valence-corrected chi connectivity index (χ3v) is 6.97. The lowest BCUT2D eigenvalue weighted by molar-refractivity contribution is -0.144. The summed E-state index contributed by atoms with van der Waals surface area (Å²) in [4.78, 5) is 0. The quantitative estimate of drug-likeness (QED) is 0.231. The van der Waals surface area contributed by atoms with Gasteiger partial charge in [-0.1, -0.05) is 52.9 Å². The minimum Gasteiger partial charge on any atom is -0.490 e. The molecule has 0 saturated carbocycles. The number of benzene rings is 2. The molecule has 1 aliphatic carbocycles. The van der Waals surface area contributed by atoms with Gasteiger partial charge in [0.25, 0.3) is 0 Å². The molecule has 0 unspecified atom stereocenters. The van der Waals surface area contributed by atoms with Crippen LogP contribution in [-0.4, -0.2) is 20.8 Å². The summed E-state index contributed by atoms with van der Waals surface area (Å²) in [5.41, 5.74) is 2.77. The van der Waals surface area contributed by atoms with Gasteiger partial charge in [0, 0.05) is 9.99 Å². The van der Waals surface area contributed by atoms with Gasteiger partial charge in [0.15, 0.2) is 0 Å². The highest BCUT2D eigenvalue weighted by atomic mass is 127. The van der Waals surface area contributed by atoms with E-state index >= 15 is 0 Å². The number of aromatic nitrogens is 2. The fourth-order valence-electron chi connectivity index (χ4n) is 3.77. The van der Waals surface area contributed by atoms with E-state index in [4.69, 9.17) is 4.74 Å². The Labute approximate surface area is 194 Å². The van der Waals surface area contributed by atoms with Gasteiger partial charge >= 0.3 is 6.18 Å². The molecule has 0 N–H and O–H groups in total. The maximum atomic E-state index is 13.5. The van der Waals surface area contributed by atoms with Crippen molar-refractivity contribution in [2.45, 2.75) is 31.5 Å². The highest BCUT2D eigenvalue weighted by Crippen LogP contribution is 2.40. The molecule has 0 bridgehead atoms. The van der Waals surface area contributed by atoms with Gasteiger partial charge < -0.3 is 4.74 Å². The molecule has 1 atom stereocenters. The molecule has 8 heteroatoms. The van der Waals surface area contributed by atoms with Crippen molar-refractivity contribution in [3.05, 3.63) is 69.8 Å². The third kappa shape index (κ3) is 4.54. The number of ether oxygens (including phenoxy) is 1. The Hall–Kier alpha value is -1.55. The zero-order valence-corrected chi connectivity index (χ0v) is 19.7. The van der Waals surface area contributed by atoms with Crippen LogP contribution in [0.15, 0.2) is 53.0 Å². The van der Waals surface area contributed by atoms with Gasteiger partial charge in [0.05, 0.1) is 16.7 Å². The molecule has 0 amide bonds. The summed E-state index contributed by atoms with van der Waals surface area (Å²) >= 11 is 5.95. The minimum atomic E-state index is -4.48. The van der Waals surface area contributed by atoms with E-state index in [9.17, 15) is 13.2 Å². The van der Waals surface area contributed by atoms with E-state index in [1.54, 1.807) is 24.3 Å². The van der Waals surface area contributed by atoms with Gasteiger partial charge in [0.2, 0.25) is 0 Å². The van der Waals surface area contributed by atoms with Gasteiger partial charge in [-0.3, -0.25) is 4.68 Å². The summed E-state index contributed by atoms with van der Waals surface area (Å²) in [5.74, 6) is 1.22. The van der Waals surface area contributed by atoms with Gasteiger partial charge in [0.1, 0.15) is 18.1 Å². The van der Waals surface area contributed by atoms with Gasteiger partial charge in [-0.15, -0.1) is 0 Å². The molecule has 1 heterocycles. The fourth-order valence-corrected chi connectivity index (χ4v) is 5.16. The van der Waals surface area contributed by atoms with E-state index in [2.05, 4.69) is 49.7 Å². The molecule has 30 heavy (non-hydrogen) atoms. The van der Waals surface area contributed by atoms with Gasteiger partial charge in [-0.05, 0) is 64.0 Å². The fraction of sp³-hybridized carbons (Fsp3) is 0.318. The predicted octanol–water partition coefficient (Wildman–Crippen LogP) is 6.88. The first-order valence-corrected chi connectivity index (χ1v) is 11.9. The second kappa shape index (κ2) is 8.90. The van der Waals surface area contributed by atoms with Crippen molar-refractivity contribution < 1.29 is 17.9 Å². The van der Waals surface area contributed by atoms with Crippen LogP contribution in [0, 0.1) is 0 Å². The average molecular weight is 591 g/mol. The third-order valence-electron chi connectivity index (χ3n) is 5.28. The van der Waals surface area contributed by atoms with Crippen LogP contribution in [0.3, 0.4) is 0 Å². The largest absolute Gasteiger partial charge is 0.490 e. The van der Waals surface area contributed by atoms with E-state index < -0.39 is 11.9 Å². The van der Waals surface area contributed by atoms with Crippen molar-refractivity contribution in [2.75, 3.05) is 11.0 Å². The highest BCUT2D eigenvalue weighted by Gasteiger charge is 2.36. The Morgan fingerprint density at radius 1 is 1.17 bits per heavy atom. The molecule has 0 fully saturated rings. The molecule has 0 aliphatic heterocycles. The average Bonchev–Trinajstić information content (AvgIpc) is 3.32. The maximum Gasteiger partial charge on any atom is 0.433 e. The molecule has 4 rings (SSSR count). The lowest BCUT2D eigenvalue weighted by Gasteiger charge is -2.14. The van der Waals surface area contributed by atoms with Crippen LogP contribution in [0.25, 0.3) is 11.3 Å². The first kappa shape index (κ1) is 21.7. The van der Waals surface area contributed by atoms with E-state index in [-0.39, 0.29) is 13.2 Å². The van der Waals surface area contributed by atoms with Crippen LogP contribution in [0.4, 0.5) is 13.2 Å². The lowest BCUT2D eigenvalue weighted by Crippen LogP contribution is -2.18. The molecule has 0 spiro atoms. The van der Waals surface area contributed by atoms with Crippen molar-refractivity contribution in [1.29, 1.82) is 0 Å². The van der Waals surface area contributed by atoms with Crippen LogP contribution in [0.5, 0.6) is 5.75 Å². The summed E-state index contributed by atoms with van der Waals surface area (Å²) in [6.07, 6.45) is -2.36. The van der Waals surface area contributed by atoms with E-state index in [0.29, 0.717) is 22.9 Å². The molecule has 3 nitrogen and oxygen atoms in total. The van der Waals surface area contributed by atoms with E-state index in [0.717, 1.165) is 32.5 Å². The lowest BCUT2D eigenvalue weighted by atomic mass is 10.0. The van der Waals surface area contributed by atoms with Crippen molar-refractivity contribution in [2.24, 2.45) is 0 Å². The van der Waals surface area contributed by atoms with E-state index in [1.165, 1.54) is 11.1 Å². The molecule has 1 aromatic heterocycles. The van der Waals surface area contributed by atoms with Crippen LogP contribution < -0.4 is 4.74 Å². The molecular weight excluding hydrogens is 572 g/mol. The number of nitrogens with zero attached hydrogens (tertiary/aromatic N) is 2. The van der Waals surface area contributed by atoms with Crippen LogP contribution in [0.2, 0.25) is 0 Å². The van der Waals surface area contributed by atoms with Gasteiger partial charge in [-0.25, -0.2) is 0 Å². The van der Waals surface area contributed by atoms with Gasteiger partial charge in [-0.2, -0.15) is 18.3 Å². The van der Waals surface area contributed by atoms with Crippen LogP contribution >= 0.6 is 38.5 Å². The molecule has 158 valence electrons. The number of halogens is 5. The summed E-state index contributed by atoms with van der Waals surface area (Å²) in [7, 11) is 0. The zero-order chi connectivity index (χ0) is 21.3. The maximum absolute atomic E-state index is 13.5. The van der Waals surface area contributed by atoms with Crippen LogP contribution in [-0.2, 0) is 19.1 Å². The second-order valence-electron chi connectivity index (χ2n) is 7.22. The minimum absolute atomic E-state index is 0.00156. The smallest absolute Gasteiger partial charge is 0.433 e. The Morgan fingerprint density at radius 3 is 2.63 bits per heavy atom. The first-order chi connectivity index (χ1) is 14.4. The molecule has 0 radical (unpaired) electrons. The topological polar surface area (TPSA) is 27.1 Å². The number of rotatable bonds is 6. The predicted molar refractivity (Wildman–Crippen MR) is 122 cm³/mol. The Morgan fingerprint density at radius 2 is 1.93 bits per heavy atom. The Kier molecular flexibility index (Phi) is 6.43. The summed E-state index contributed by atoms with van der Waals surface area (Å²) in [5, 5.41) is 4.18. The molecular formula is C22H19BrF3IN2O. The number of hydrogen-bond acceptors (Lipinski definition) is 2. The normalized spacial score (nSPS) is 16.0. The first-order valence-electron chi connectivity index (χ1n) is 9.58.